The van der Waals surface area contributed by atoms with Crippen LogP contribution in [0.2, 0.25) is 0 Å². The summed E-state index contributed by atoms with van der Waals surface area (Å²) in [5, 5.41) is 11.5. The summed E-state index contributed by atoms with van der Waals surface area (Å²) in [7, 11) is 0. The van der Waals surface area contributed by atoms with Crippen LogP contribution >= 0.6 is 11.8 Å². The van der Waals surface area contributed by atoms with E-state index in [0.717, 1.165) is 12.2 Å². The summed E-state index contributed by atoms with van der Waals surface area (Å²) in [5.74, 6) is -0.0297. The lowest BCUT2D eigenvalue weighted by Crippen LogP contribution is -2.42. The fourth-order valence-electron chi connectivity index (χ4n) is 1.60. The maximum absolute atomic E-state index is 11.7. The van der Waals surface area contributed by atoms with E-state index in [1.165, 1.54) is 0 Å². The van der Waals surface area contributed by atoms with Gasteiger partial charge >= 0.3 is 5.97 Å². The number of nitrogens with two attached hydrogens (primary N) is 1. The fourth-order valence-corrected chi connectivity index (χ4v) is 2.09. The molecule has 6 heteroatoms. The summed E-state index contributed by atoms with van der Waals surface area (Å²) in [5.41, 5.74) is 5.66. The molecule has 0 aliphatic heterocycles. The lowest BCUT2D eigenvalue weighted by molar-refractivity contribution is -0.137. The van der Waals surface area contributed by atoms with Gasteiger partial charge in [0.15, 0.2) is 0 Å². The first-order valence-electron chi connectivity index (χ1n) is 6.52. The minimum Gasteiger partial charge on any atom is -0.481 e. The van der Waals surface area contributed by atoms with E-state index in [9.17, 15) is 9.59 Å². The molecule has 0 bridgehead atoms. The molecule has 1 amide bonds. The highest BCUT2D eigenvalue weighted by atomic mass is 32.2. The number of thioether (sulfide) groups is 1. The molecule has 1 atom stereocenters. The van der Waals surface area contributed by atoms with E-state index >= 15 is 0 Å². The van der Waals surface area contributed by atoms with E-state index in [4.69, 9.17) is 10.8 Å². The molecule has 0 saturated heterocycles. The van der Waals surface area contributed by atoms with Gasteiger partial charge in [-0.25, -0.2) is 0 Å². The van der Waals surface area contributed by atoms with Gasteiger partial charge in [0.2, 0.25) is 5.91 Å². The topological polar surface area (TPSA) is 92.4 Å². The number of hydrogen-bond acceptors (Lipinski definition) is 4. The molecule has 0 aromatic carbocycles. The van der Waals surface area contributed by atoms with Crippen molar-refractivity contribution in [3.8, 4) is 0 Å². The molecule has 4 N–H and O–H groups in total. The summed E-state index contributed by atoms with van der Waals surface area (Å²) in [6, 6.07) is -0.449. The van der Waals surface area contributed by atoms with Crippen molar-refractivity contribution in [2.75, 3.05) is 18.6 Å². The van der Waals surface area contributed by atoms with Crippen LogP contribution in [0.5, 0.6) is 0 Å². The van der Waals surface area contributed by atoms with Gasteiger partial charge in [-0.3, -0.25) is 9.59 Å². The molecular weight excluding hydrogens is 264 g/mol. The van der Waals surface area contributed by atoms with Crippen molar-refractivity contribution in [3.05, 3.63) is 0 Å². The van der Waals surface area contributed by atoms with Gasteiger partial charge in [0.1, 0.15) is 0 Å². The lowest BCUT2D eigenvalue weighted by Gasteiger charge is -2.24. The predicted octanol–water partition coefficient (Wildman–Crippen LogP) is 1.46. The summed E-state index contributed by atoms with van der Waals surface area (Å²) < 4.78 is 0. The van der Waals surface area contributed by atoms with Crippen molar-refractivity contribution in [2.45, 2.75) is 45.6 Å². The van der Waals surface area contributed by atoms with Crippen LogP contribution in [0.25, 0.3) is 0 Å². The van der Waals surface area contributed by atoms with Crippen LogP contribution in [-0.4, -0.2) is 41.6 Å². The Hall–Kier alpha value is -0.750. The third kappa shape index (κ3) is 9.78. The van der Waals surface area contributed by atoms with Gasteiger partial charge in [-0.15, -0.1) is 0 Å². The molecule has 0 unspecified atom stereocenters. The molecule has 0 saturated carbocycles. The Bertz CT molecular complexity index is 296. The van der Waals surface area contributed by atoms with Gasteiger partial charge < -0.3 is 16.2 Å². The van der Waals surface area contributed by atoms with Gasteiger partial charge in [0.05, 0.1) is 6.04 Å². The summed E-state index contributed by atoms with van der Waals surface area (Å²) in [6.45, 7) is 4.56. The molecule has 5 nitrogen and oxygen atoms in total. The molecule has 112 valence electrons. The Labute approximate surface area is 119 Å². The van der Waals surface area contributed by atoms with E-state index < -0.39 is 12.0 Å². The minimum absolute atomic E-state index is 0.0883. The van der Waals surface area contributed by atoms with Gasteiger partial charge in [0.25, 0.3) is 0 Å². The third-order valence-corrected chi connectivity index (χ3v) is 3.73. The van der Waals surface area contributed by atoms with Crippen LogP contribution in [-0.2, 0) is 9.59 Å². The molecule has 0 aliphatic carbocycles. The molecule has 0 rings (SSSR count). The summed E-state index contributed by atoms with van der Waals surface area (Å²) in [4.78, 5) is 22.2. The number of carbonyl (C=O) groups excluding carboxylic acids is 1. The highest BCUT2D eigenvalue weighted by molar-refractivity contribution is 7.98. The highest BCUT2D eigenvalue weighted by Gasteiger charge is 2.20. The monoisotopic (exact) mass is 290 g/mol. The average Bonchev–Trinajstić information content (AvgIpc) is 2.33. The van der Waals surface area contributed by atoms with Gasteiger partial charge in [-0.05, 0) is 36.7 Å². The molecule has 0 aromatic rings. The maximum Gasteiger partial charge on any atom is 0.303 e. The van der Waals surface area contributed by atoms with Crippen molar-refractivity contribution in [1.82, 2.24) is 5.32 Å². The Morgan fingerprint density at radius 2 is 2.00 bits per heavy atom. The van der Waals surface area contributed by atoms with Crippen LogP contribution in [0.3, 0.4) is 0 Å². The van der Waals surface area contributed by atoms with E-state index in [2.05, 4.69) is 5.32 Å². The van der Waals surface area contributed by atoms with Crippen LogP contribution in [0, 0.1) is 5.41 Å². The number of nitrogens with one attached hydrogen (secondary N) is 1. The van der Waals surface area contributed by atoms with Crippen molar-refractivity contribution < 1.29 is 14.7 Å². The van der Waals surface area contributed by atoms with Gasteiger partial charge in [0, 0.05) is 13.0 Å². The molecule has 19 heavy (non-hydrogen) atoms. The number of aliphatic carboxylic acids is 1. The van der Waals surface area contributed by atoms with E-state index in [-0.39, 0.29) is 17.7 Å². The zero-order chi connectivity index (χ0) is 14.9. The average molecular weight is 290 g/mol. The minimum atomic E-state index is -0.781. The maximum atomic E-state index is 11.7. The van der Waals surface area contributed by atoms with Crippen LogP contribution in [0.1, 0.15) is 39.5 Å². The summed E-state index contributed by atoms with van der Waals surface area (Å²) >= 11 is 1.67. The van der Waals surface area contributed by atoms with Crippen molar-refractivity contribution in [1.29, 1.82) is 0 Å². The zero-order valence-electron chi connectivity index (χ0n) is 12.1. The predicted molar refractivity (Wildman–Crippen MR) is 79.3 cm³/mol. The number of carboxylic acid groups (broad SMARTS) is 1. The molecule has 0 aliphatic rings. The number of hydrogen-bond donors (Lipinski definition) is 3. The van der Waals surface area contributed by atoms with Gasteiger partial charge in [-0.2, -0.15) is 11.8 Å². The first kappa shape index (κ1) is 18.2. The first-order chi connectivity index (χ1) is 8.78. The lowest BCUT2D eigenvalue weighted by atomic mass is 9.84. The van der Waals surface area contributed by atoms with Crippen LogP contribution in [0.15, 0.2) is 0 Å². The summed E-state index contributed by atoms with van der Waals surface area (Å²) in [6.07, 6.45) is 4.18. The number of rotatable bonds is 10. The number of carbonyl (C=O) groups is 2. The molecule has 0 heterocycles. The Morgan fingerprint density at radius 3 is 2.53 bits per heavy atom. The standard InChI is InChI=1S/C13H26N2O3S/c1-13(2,6-4-11(16)17)7-8-15-12(18)10(14)5-9-19-3/h10H,4-9,14H2,1-3H3,(H,15,18)(H,16,17)/t10-/m1/s1. The Kier molecular flexibility index (Phi) is 8.84. The van der Waals surface area contributed by atoms with Crippen molar-refractivity contribution in [3.63, 3.8) is 0 Å². The van der Waals surface area contributed by atoms with Crippen LogP contribution in [0.4, 0.5) is 0 Å². The number of carboxylic acids is 1. The SMILES string of the molecule is CSCC[C@@H](N)C(=O)NCCC(C)(C)CCC(=O)O. The van der Waals surface area contributed by atoms with E-state index in [1.54, 1.807) is 11.8 Å². The smallest absolute Gasteiger partial charge is 0.303 e. The molecule has 0 fully saturated rings. The van der Waals surface area contributed by atoms with E-state index in [1.807, 2.05) is 20.1 Å². The Balaban J connectivity index is 3.87. The van der Waals surface area contributed by atoms with Crippen molar-refractivity contribution in [2.24, 2.45) is 11.1 Å². The molecular formula is C13H26N2O3S. The Morgan fingerprint density at radius 1 is 1.37 bits per heavy atom. The molecule has 0 radical (unpaired) electrons. The second-order valence-electron chi connectivity index (χ2n) is 5.49. The highest BCUT2D eigenvalue weighted by Crippen LogP contribution is 2.25. The normalized spacial score (nSPS) is 13.1. The zero-order valence-corrected chi connectivity index (χ0v) is 12.9. The second-order valence-corrected chi connectivity index (χ2v) is 6.47. The van der Waals surface area contributed by atoms with E-state index in [0.29, 0.717) is 19.4 Å². The fraction of sp³-hybridized carbons (Fsp3) is 0.846. The quantitative estimate of drug-likeness (QED) is 0.566. The van der Waals surface area contributed by atoms with Crippen molar-refractivity contribution >= 4 is 23.6 Å². The number of amides is 1. The molecule has 0 spiro atoms. The first-order valence-corrected chi connectivity index (χ1v) is 7.92. The van der Waals surface area contributed by atoms with Gasteiger partial charge in [-0.1, -0.05) is 13.8 Å². The molecule has 0 aromatic heterocycles. The van der Waals surface area contributed by atoms with Crippen LogP contribution < -0.4 is 11.1 Å². The largest absolute Gasteiger partial charge is 0.481 e. The second kappa shape index (κ2) is 9.20. The third-order valence-electron chi connectivity index (χ3n) is 3.09.